The molecule has 1 aliphatic heterocycles. The summed E-state index contributed by atoms with van der Waals surface area (Å²) < 4.78 is 14.3. The average Bonchev–Trinajstić information content (AvgIpc) is 3.31. The number of hydrogen-bond acceptors (Lipinski definition) is 7. The number of amides is 2. The van der Waals surface area contributed by atoms with Gasteiger partial charge in [0.15, 0.2) is 11.6 Å². The zero-order valence-corrected chi connectivity index (χ0v) is 20.2. The van der Waals surface area contributed by atoms with Crippen molar-refractivity contribution in [2.45, 2.75) is 44.6 Å². The highest BCUT2D eigenvalue weighted by atomic mass is 19.1. The number of aryl methyl sites for hydroxylation is 1. The van der Waals surface area contributed by atoms with Crippen LogP contribution in [0.3, 0.4) is 0 Å². The van der Waals surface area contributed by atoms with Gasteiger partial charge in [-0.3, -0.25) is 9.59 Å². The fourth-order valence-corrected chi connectivity index (χ4v) is 4.72. The Morgan fingerprint density at radius 2 is 1.89 bits per heavy atom. The van der Waals surface area contributed by atoms with Crippen molar-refractivity contribution in [2.75, 3.05) is 43.9 Å². The quantitative estimate of drug-likeness (QED) is 0.502. The van der Waals surface area contributed by atoms with Gasteiger partial charge in [0.1, 0.15) is 0 Å². The summed E-state index contributed by atoms with van der Waals surface area (Å²) in [4.78, 5) is 36.5. The Hall–Kier alpha value is -3.27. The molecule has 1 saturated carbocycles. The van der Waals surface area contributed by atoms with Gasteiger partial charge in [0.25, 0.3) is 0 Å². The van der Waals surface area contributed by atoms with Gasteiger partial charge >= 0.3 is 0 Å². The van der Waals surface area contributed by atoms with Crippen LogP contribution in [0.25, 0.3) is 0 Å². The summed E-state index contributed by atoms with van der Waals surface area (Å²) in [5, 5.41) is 6.13. The molecule has 1 aromatic heterocycles. The summed E-state index contributed by atoms with van der Waals surface area (Å²) >= 11 is 0. The minimum Gasteiger partial charge on any atom is -0.369 e. The highest BCUT2D eigenvalue weighted by molar-refractivity contribution is 5.78. The molecule has 1 saturated heterocycles. The fraction of sp³-hybridized carbons (Fsp3) is 0.520. The minimum absolute atomic E-state index is 0.0577. The number of halogens is 1. The van der Waals surface area contributed by atoms with Crippen LogP contribution >= 0.6 is 0 Å². The van der Waals surface area contributed by atoms with Gasteiger partial charge in [-0.05, 0) is 50.4 Å². The number of carbonyl (C=O) groups is 2. The number of aromatic nitrogens is 2. The number of nitrogens with zero attached hydrogens (tertiary/aromatic N) is 4. The number of nitrogens with one attached hydrogen (secondary N) is 2. The normalized spacial score (nSPS) is 20.6. The third kappa shape index (κ3) is 6.66. The molecule has 2 aliphatic rings. The molecule has 1 aromatic carbocycles. The number of likely N-dealkylation sites (N-methyl/N-ethyl adjacent to an activating group) is 1. The third-order valence-electron chi connectivity index (χ3n) is 6.87. The van der Waals surface area contributed by atoms with E-state index in [0.717, 1.165) is 69.3 Å². The van der Waals surface area contributed by atoms with E-state index in [-0.39, 0.29) is 35.5 Å². The van der Waals surface area contributed by atoms with Gasteiger partial charge in [-0.1, -0.05) is 18.6 Å². The number of hydrogen-bond donors (Lipinski definition) is 3. The van der Waals surface area contributed by atoms with Crippen molar-refractivity contribution in [3.05, 3.63) is 41.8 Å². The Bertz CT molecular complexity index is 1020. The molecular weight excluding hydrogens is 449 g/mol. The summed E-state index contributed by atoms with van der Waals surface area (Å²) in [6.07, 6.45) is 5.59. The van der Waals surface area contributed by atoms with Gasteiger partial charge in [-0.15, -0.1) is 0 Å². The smallest absolute Gasteiger partial charge is 0.229 e. The molecule has 2 heterocycles. The van der Waals surface area contributed by atoms with E-state index < -0.39 is 5.82 Å². The van der Waals surface area contributed by atoms with E-state index in [9.17, 15) is 14.0 Å². The van der Waals surface area contributed by atoms with Crippen molar-refractivity contribution >= 4 is 29.3 Å². The van der Waals surface area contributed by atoms with Crippen molar-refractivity contribution in [1.29, 1.82) is 0 Å². The number of benzene rings is 1. The molecule has 0 bridgehead atoms. The molecule has 10 heteroatoms. The molecule has 2 fully saturated rings. The van der Waals surface area contributed by atoms with Crippen LogP contribution in [0, 0.1) is 11.7 Å². The Labute approximate surface area is 205 Å². The minimum atomic E-state index is -0.577. The van der Waals surface area contributed by atoms with Crippen LogP contribution in [-0.4, -0.2) is 70.9 Å². The Kier molecular flexibility index (Phi) is 8.12. The highest BCUT2D eigenvalue weighted by Gasteiger charge is 2.32. The van der Waals surface area contributed by atoms with Crippen molar-refractivity contribution < 1.29 is 14.0 Å². The van der Waals surface area contributed by atoms with E-state index in [1.165, 1.54) is 0 Å². The molecular formula is C25H34FN7O2. The van der Waals surface area contributed by atoms with Crippen LogP contribution in [0.1, 0.15) is 37.7 Å². The number of anilines is 3. The van der Waals surface area contributed by atoms with Crippen molar-refractivity contribution in [1.82, 2.24) is 19.8 Å². The summed E-state index contributed by atoms with van der Waals surface area (Å²) in [6.45, 7) is 3.49. The van der Waals surface area contributed by atoms with E-state index in [1.807, 2.05) is 29.2 Å². The number of rotatable bonds is 9. The molecule has 9 nitrogen and oxygen atoms in total. The first kappa shape index (κ1) is 24.8. The molecule has 0 spiro atoms. The topological polar surface area (TPSA) is 116 Å². The molecule has 35 heavy (non-hydrogen) atoms. The van der Waals surface area contributed by atoms with Gasteiger partial charge in [0, 0.05) is 44.3 Å². The standard InChI is InChI=1S/C25H34FN7O2/c1-32-12-14-33(15-13-32)22(34)7-2-4-17-8-10-18(11-9-17)29-25-28-16-20(26)24(31-25)30-21-6-3-5-19(21)23(27)35/h8-11,16,19,21H,2-7,12-15H2,1H3,(H2,27,35)(H2,28,29,30,31)/t19-,21+/m1/s1. The molecule has 4 N–H and O–H groups in total. The summed E-state index contributed by atoms with van der Waals surface area (Å²) in [5.74, 6) is -0.738. The van der Waals surface area contributed by atoms with Gasteiger partial charge in [-0.25, -0.2) is 9.37 Å². The first-order valence-corrected chi connectivity index (χ1v) is 12.3. The van der Waals surface area contributed by atoms with Crippen LogP contribution in [0.4, 0.5) is 21.8 Å². The lowest BCUT2D eigenvalue weighted by Crippen LogP contribution is -2.47. The Balaban J connectivity index is 1.28. The van der Waals surface area contributed by atoms with E-state index in [2.05, 4.69) is 32.5 Å². The van der Waals surface area contributed by atoms with E-state index in [0.29, 0.717) is 12.8 Å². The lowest BCUT2D eigenvalue weighted by Gasteiger charge is -2.32. The summed E-state index contributed by atoms with van der Waals surface area (Å²) in [6, 6.07) is 7.60. The highest BCUT2D eigenvalue weighted by Crippen LogP contribution is 2.29. The van der Waals surface area contributed by atoms with Gasteiger partial charge in [0.2, 0.25) is 17.8 Å². The first-order chi connectivity index (χ1) is 16.9. The molecule has 2 aromatic rings. The number of carbonyl (C=O) groups excluding carboxylic acids is 2. The third-order valence-corrected chi connectivity index (χ3v) is 6.87. The molecule has 188 valence electrons. The summed E-state index contributed by atoms with van der Waals surface area (Å²) in [5.41, 5.74) is 7.39. The van der Waals surface area contributed by atoms with Crippen LogP contribution in [-0.2, 0) is 16.0 Å². The van der Waals surface area contributed by atoms with Gasteiger partial charge < -0.3 is 26.2 Å². The van der Waals surface area contributed by atoms with E-state index in [1.54, 1.807) is 0 Å². The Morgan fingerprint density at radius 1 is 1.14 bits per heavy atom. The molecule has 0 radical (unpaired) electrons. The second-order valence-corrected chi connectivity index (χ2v) is 9.44. The fourth-order valence-electron chi connectivity index (χ4n) is 4.72. The zero-order chi connectivity index (χ0) is 24.8. The zero-order valence-electron chi connectivity index (χ0n) is 20.2. The maximum absolute atomic E-state index is 14.3. The first-order valence-electron chi connectivity index (χ1n) is 12.3. The van der Waals surface area contributed by atoms with Crippen LogP contribution < -0.4 is 16.4 Å². The number of primary amides is 1. The largest absolute Gasteiger partial charge is 0.369 e. The lowest BCUT2D eigenvalue weighted by atomic mass is 10.0. The molecule has 2 amide bonds. The molecule has 2 atom stereocenters. The van der Waals surface area contributed by atoms with Crippen LogP contribution in [0.2, 0.25) is 0 Å². The average molecular weight is 484 g/mol. The number of nitrogens with two attached hydrogens (primary N) is 1. The maximum Gasteiger partial charge on any atom is 0.229 e. The second kappa shape index (κ2) is 11.4. The monoisotopic (exact) mass is 483 g/mol. The molecule has 1 aliphatic carbocycles. The van der Waals surface area contributed by atoms with E-state index >= 15 is 0 Å². The molecule has 4 rings (SSSR count). The van der Waals surface area contributed by atoms with Crippen LogP contribution in [0.15, 0.2) is 30.5 Å². The van der Waals surface area contributed by atoms with Gasteiger partial charge in [0.05, 0.1) is 12.1 Å². The SMILES string of the molecule is CN1CCN(C(=O)CCCc2ccc(Nc3ncc(F)c(N[C@H]4CCC[C@H]4C(N)=O)n3)cc2)CC1. The number of piperazine rings is 1. The molecule has 0 unspecified atom stereocenters. The second-order valence-electron chi connectivity index (χ2n) is 9.44. The predicted molar refractivity (Wildman–Crippen MR) is 133 cm³/mol. The van der Waals surface area contributed by atoms with Crippen molar-refractivity contribution in [3.63, 3.8) is 0 Å². The van der Waals surface area contributed by atoms with E-state index in [4.69, 9.17) is 5.73 Å². The Morgan fingerprint density at radius 3 is 2.60 bits per heavy atom. The summed E-state index contributed by atoms with van der Waals surface area (Å²) in [7, 11) is 2.08. The predicted octanol–water partition coefficient (Wildman–Crippen LogP) is 2.52. The van der Waals surface area contributed by atoms with Crippen molar-refractivity contribution in [2.24, 2.45) is 11.7 Å². The maximum atomic E-state index is 14.3. The van der Waals surface area contributed by atoms with Gasteiger partial charge in [-0.2, -0.15) is 4.98 Å². The van der Waals surface area contributed by atoms with Crippen molar-refractivity contribution in [3.8, 4) is 0 Å². The lowest BCUT2D eigenvalue weighted by molar-refractivity contribution is -0.132. The van der Waals surface area contributed by atoms with Crippen LogP contribution in [0.5, 0.6) is 0 Å².